The van der Waals surface area contributed by atoms with Gasteiger partial charge in [0.15, 0.2) is 0 Å². The van der Waals surface area contributed by atoms with Crippen LogP contribution >= 0.6 is 0 Å². The summed E-state index contributed by atoms with van der Waals surface area (Å²) < 4.78 is 0. The number of nitrogens with zero attached hydrogens (tertiary/aromatic N) is 2. The van der Waals surface area contributed by atoms with Crippen LogP contribution in [-0.4, -0.2) is 66.1 Å². The molecule has 1 atom stereocenters. The molecule has 0 heterocycles. The van der Waals surface area contributed by atoms with E-state index >= 15 is 0 Å². The van der Waals surface area contributed by atoms with Crippen LogP contribution in [0.1, 0.15) is 33.6 Å². The number of unbranched alkanes of at least 4 members (excludes halogenated alkanes) is 1. The standard InChI is InChI=1S/C14H29N3O3/c1-4-16(5-2)8-6-7-9-17(11-13(15)18)10-12(3)14(19)20/h12H,4-11H2,1-3H3,(H2,15,18)(H,19,20). The van der Waals surface area contributed by atoms with Crippen molar-refractivity contribution in [3.8, 4) is 0 Å². The predicted octanol–water partition coefficient (Wildman–Crippen LogP) is 0.616. The number of carboxylic acid groups (broad SMARTS) is 1. The molecule has 0 aromatic heterocycles. The first-order chi connectivity index (χ1) is 9.40. The van der Waals surface area contributed by atoms with Crippen LogP contribution in [0.4, 0.5) is 0 Å². The third-order valence-corrected chi connectivity index (χ3v) is 3.43. The SMILES string of the molecule is CCN(CC)CCCCN(CC(N)=O)CC(C)C(=O)O. The van der Waals surface area contributed by atoms with Gasteiger partial charge in [0, 0.05) is 6.54 Å². The molecule has 6 nitrogen and oxygen atoms in total. The van der Waals surface area contributed by atoms with Gasteiger partial charge >= 0.3 is 5.97 Å². The van der Waals surface area contributed by atoms with E-state index in [-0.39, 0.29) is 6.54 Å². The van der Waals surface area contributed by atoms with E-state index in [1.54, 1.807) is 6.92 Å². The Morgan fingerprint density at radius 2 is 1.60 bits per heavy atom. The zero-order chi connectivity index (χ0) is 15.5. The summed E-state index contributed by atoms with van der Waals surface area (Å²) in [5.41, 5.74) is 5.20. The first-order valence-electron chi connectivity index (χ1n) is 7.36. The molecule has 6 heteroatoms. The number of carbonyl (C=O) groups excluding carboxylic acids is 1. The molecule has 0 rings (SSSR count). The lowest BCUT2D eigenvalue weighted by Gasteiger charge is -2.23. The Morgan fingerprint density at radius 1 is 1.10 bits per heavy atom. The van der Waals surface area contributed by atoms with Crippen LogP contribution in [0.2, 0.25) is 0 Å². The smallest absolute Gasteiger partial charge is 0.307 e. The van der Waals surface area contributed by atoms with Gasteiger partial charge in [-0.05, 0) is 39.0 Å². The van der Waals surface area contributed by atoms with E-state index in [0.29, 0.717) is 13.1 Å². The molecule has 0 bridgehead atoms. The van der Waals surface area contributed by atoms with Gasteiger partial charge in [-0.3, -0.25) is 14.5 Å². The van der Waals surface area contributed by atoms with Crippen molar-refractivity contribution in [3.05, 3.63) is 0 Å². The minimum atomic E-state index is -0.845. The maximum Gasteiger partial charge on any atom is 0.307 e. The Labute approximate surface area is 121 Å². The maximum atomic E-state index is 11.0. The first kappa shape index (κ1) is 18.9. The van der Waals surface area contributed by atoms with Gasteiger partial charge in [0.25, 0.3) is 0 Å². The number of rotatable bonds is 12. The number of carboxylic acids is 1. The fraction of sp³-hybridized carbons (Fsp3) is 0.857. The van der Waals surface area contributed by atoms with Crippen molar-refractivity contribution in [2.45, 2.75) is 33.6 Å². The molecule has 0 aromatic rings. The van der Waals surface area contributed by atoms with Crippen molar-refractivity contribution >= 4 is 11.9 Å². The second kappa shape index (κ2) is 10.6. The molecule has 0 fully saturated rings. The predicted molar refractivity (Wildman–Crippen MR) is 79.5 cm³/mol. The molecule has 0 saturated heterocycles. The van der Waals surface area contributed by atoms with Crippen LogP contribution in [0, 0.1) is 5.92 Å². The molecule has 3 N–H and O–H groups in total. The summed E-state index contributed by atoms with van der Waals surface area (Å²) in [5.74, 6) is -1.74. The highest BCUT2D eigenvalue weighted by molar-refractivity contribution is 5.76. The number of hydrogen-bond acceptors (Lipinski definition) is 4. The lowest BCUT2D eigenvalue weighted by molar-refractivity contribution is -0.142. The van der Waals surface area contributed by atoms with Crippen molar-refractivity contribution < 1.29 is 14.7 Å². The summed E-state index contributed by atoms with van der Waals surface area (Å²) in [6.07, 6.45) is 1.98. The van der Waals surface area contributed by atoms with E-state index in [0.717, 1.165) is 32.5 Å². The van der Waals surface area contributed by atoms with Crippen molar-refractivity contribution in [2.75, 3.05) is 39.3 Å². The molecule has 0 aromatic carbocycles. The quantitative estimate of drug-likeness (QED) is 0.514. The molecule has 1 unspecified atom stereocenters. The monoisotopic (exact) mass is 287 g/mol. The summed E-state index contributed by atoms with van der Waals surface area (Å²) in [6, 6.07) is 0. The van der Waals surface area contributed by atoms with Gasteiger partial charge in [-0.1, -0.05) is 20.8 Å². The van der Waals surface area contributed by atoms with Gasteiger partial charge in [-0.15, -0.1) is 0 Å². The third kappa shape index (κ3) is 8.87. The fourth-order valence-electron chi connectivity index (χ4n) is 2.13. The van der Waals surface area contributed by atoms with Crippen LogP contribution in [0.3, 0.4) is 0 Å². The molecule has 20 heavy (non-hydrogen) atoms. The van der Waals surface area contributed by atoms with E-state index in [4.69, 9.17) is 10.8 Å². The average Bonchev–Trinajstić information content (AvgIpc) is 2.37. The largest absolute Gasteiger partial charge is 0.481 e. The topological polar surface area (TPSA) is 86.9 Å². The van der Waals surface area contributed by atoms with E-state index in [1.807, 2.05) is 4.90 Å². The van der Waals surface area contributed by atoms with Gasteiger partial charge in [0.1, 0.15) is 0 Å². The second-order valence-corrected chi connectivity index (χ2v) is 5.17. The molecule has 0 saturated carbocycles. The van der Waals surface area contributed by atoms with E-state index in [9.17, 15) is 9.59 Å². The summed E-state index contributed by atoms with van der Waals surface area (Å²) >= 11 is 0. The first-order valence-corrected chi connectivity index (χ1v) is 7.36. The number of hydrogen-bond donors (Lipinski definition) is 2. The molecule has 0 aliphatic rings. The van der Waals surface area contributed by atoms with E-state index < -0.39 is 17.8 Å². The zero-order valence-electron chi connectivity index (χ0n) is 13.0. The van der Waals surface area contributed by atoms with Crippen molar-refractivity contribution in [1.82, 2.24) is 9.80 Å². The van der Waals surface area contributed by atoms with Crippen molar-refractivity contribution in [3.63, 3.8) is 0 Å². The average molecular weight is 287 g/mol. The molecule has 0 aliphatic carbocycles. The highest BCUT2D eigenvalue weighted by atomic mass is 16.4. The van der Waals surface area contributed by atoms with Crippen molar-refractivity contribution in [1.29, 1.82) is 0 Å². The fourth-order valence-corrected chi connectivity index (χ4v) is 2.13. The number of primary amides is 1. The Bertz CT molecular complexity index is 293. The maximum absolute atomic E-state index is 11.0. The van der Waals surface area contributed by atoms with Crippen molar-refractivity contribution in [2.24, 2.45) is 11.7 Å². The Kier molecular flexibility index (Phi) is 10.0. The summed E-state index contributed by atoms with van der Waals surface area (Å²) in [4.78, 5) is 26.1. The van der Waals surface area contributed by atoms with Crippen LogP contribution < -0.4 is 5.73 Å². The van der Waals surface area contributed by atoms with Gasteiger partial charge in [0.2, 0.25) is 5.91 Å². The Balaban J connectivity index is 4.10. The number of nitrogens with two attached hydrogens (primary N) is 1. The molecule has 0 spiro atoms. The van der Waals surface area contributed by atoms with E-state index in [1.165, 1.54) is 0 Å². The summed E-state index contributed by atoms with van der Waals surface area (Å²) in [7, 11) is 0. The van der Waals surface area contributed by atoms with Crippen LogP contribution in [0.25, 0.3) is 0 Å². The highest BCUT2D eigenvalue weighted by Crippen LogP contribution is 2.03. The van der Waals surface area contributed by atoms with Gasteiger partial charge < -0.3 is 15.7 Å². The minimum absolute atomic E-state index is 0.128. The molecule has 1 amide bonds. The van der Waals surface area contributed by atoms with Crippen LogP contribution in [-0.2, 0) is 9.59 Å². The number of aliphatic carboxylic acids is 1. The summed E-state index contributed by atoms with van der Waals surface area (Å²) in [6.45, 7) is 10.2. The minimum Gasteiger partial charge on any atom is -0.481 e. The molecule has 0 aliphatic heterocycles. The second-order valence-electron chi connectivity index (χ2n) is 5.17. The number of amides is 1. The molecule has 0 radical (unpaired) electrons. The summed E-state index contributed by atoms with van der Waals surface area (Å²) in [5, 5.41) is 8.92. The van der Waals surface area contributed by atoms with Gasteiger partial charge in [-0.25, -0.2) is 0 Å². The number of carbonyl (C=O) groups is 2. The third-order valence-electron chi connectivity index (χ3n) is 3.43. The lowest BCUT2D eigenvalue weighted by atomic mass is 10.1. The van der Waals surface area contributed by atoms with E-state index in [2.05, 4.69) is 18.7 Å². The lowest BCUT2D eigenvalue weighted by Crippen LogP contribution is -2.39. The Hall–Kier alpha value is -1.14. The van der Waals surface area contributed by atoms with Gasteiger partial charge in [0.05, 0.1) is 12.5 Å². The normalized spacial score (nSPS) is 12.8. The molecule has 118 valence electrons. The molecular weight excluding hydrogens is 258 g/mol. The van der Waals surface area contributed by atoms with Crippen LogP contribution in [0.15, 0.2) is 0 Å². The van der Waals surface area contributed by atoms with Gasteiger partial charge in [-0.2, -0.15) is 0 Å². The Morgan fingerprint density at radius 3 is 2.00 bits per heavy atom. The molecular formula is C14H29N3O3. The zero-order valence-corrected chi connectivity index (χ0v) is 13.0. The van der Waals surface area contributed by atoms with Crippen LogP contribution in [0.5, 0.6) is 0 Å². The highest BCUT2D eigenvalue weighted by Gasteiger charge is 2.17.